The molecule has 0 amide bonds. The Morgan fingerprint density at radius 1 is 1.25 bits per heavy atom. The Morgan fingerprint density at radius 3 is 2.53 bits per heavy atom. The van der Waals surface area contributed by atoms with E-state index in [2.05, 4.69) is 71.1 Å². The van der Waals surface area contributed by atoms with E-state index in [9.17, 15) is 0 Å². The molecule has 0 radical (unpaired) electrons. The lowest BCUT2D eigenvalue weighted by atomic mass is 10.2. The fourth-order valence-electron chi connectivity index (χ4n) is 3.77. The van der Waals surface area contributed by atoms with E-state index >= 15 is 0 Å². The number of anilines is 1. The number of nitrogens with one attached hydrogen (secondary N) is 2. The van der Waals surface area contributed by atoms with Gasteiger partial charge in [0.15, 0.2) is 5.96 Å². The van der Waals surface area contributed by atoms with Crippen LogP contribution in [0.15, 0.2) is 40.7 Å². The molecule has 2 unspecified atom stereocenters. The third-order valence-electron chi connectivity index (χ3n) is 5.49. The SMILES string of the molecule is CCNC(=NCC(c1cccs1)N(C)C)NC1CCN(c2cc(OC)cc(OC)c2)C1.I. The Morgan fingerprint density at radius 2 is 1.97 bits per heavy atom. The van der Waals surface area contributed by atoms with E-state index < -0.39 is 0 Å². The number of hydrogen-bond donors (Lipinski definition) is 2. The number of ether oxygens (including phenoxy) is 2. The van der Waals surface area contributed by atoms with Crippen LogP contribution in [0.1, 0.15) is 24.3 Å². The van der Waals surface area contributed by atoms with Crippen molar-refractivity contribution < 1.29 is 9.47 Å². The highest BCUT2D eigenvalue weighted by atomic mass is 127. The number of benzene rings is 1. The Balaban J connectivity index is 0.00000363. The second-order valence-corrected chi connectivity index (χ2v) is 8.84. The predicted octanol–water partition coefficient (Wildman–Crippen LogP) is 3.82. The Bertz CT molecular complexity index is 825. The van der Waals surface area contributed by atoms with Gasteiger partial charge in [-0.05, 0) is 38.9 Å². The van der Waals surface area contributed by atoms with Gasteiger partial charge in [0.2, 0.25) is 0 Å². The van der Waals surface area contributed by atoms with Gasteiger partial charge in [0.05, 0.1) is 26.8 Å². The van der Waals surface area contributed by atoms with Crippen LogP contribution in [0.2, 0.25) is 0 Å². The summed E-state index contributed by atoms with van der Waals surface area (Å²) in [6.07, 6.45) is 1.05. The molecular formula is C23H36IN5O2S. The lowest BCUT2D eigenvalue weighted by molar-refractivity contribution is 0.310. The number of aliphatic imine (C=N–C) groups is 1. The molecule has 9 heteroatoms. The van der Waals surface area contributed by atoms with Crippen molar-refractivity contribution in [3.8, 4) is 11.5 Å². The zero-order valence-electron chi connectivity index (χ0n) is 19.6. The average Bonchev–Trinajstić information content (AvgIpc) is 3.46. The van der Waals surface area contributed by atoms with Crippen molar-refractivity contribution in [1.29, 1.82) is 0 Å². The Kier molecular flexibility index (Phi) is 10.9. The number of guanidine groups is 1. The van der Waals surface area contributed by atoms with Gasteiger partial charge < -0.3 is 29.9 Å². The number of hydrogen-bond acceptors (Lipinski definition) is 6. The minimum Gasteiger partial charge on any atom is -0.497 e. The monoisotopic (exact) mass is 573 g/mol. The van der Waals surface area contributed by atoms with E-state index in [1.165, 1.54) is 4.88 Å². The number of rotatable bonds is 9. The smallest absolute Gasteiger partial charge is 0.191 e. The molecule has 1 fully saturated rings. The molecule has 32 heavy (non-hydrogen) atoms. The molecule has 178 valence electrons. The quantitative estimate of drug-likeness (QED) is 0.270. The topological polar surface area (TPSA) is 61.4 Å². The maximum Gasteiger partial charge on any atom is 0.191 e. The molecule has 0 saturated carbocycles. The first kappa shape index (κ1) is 26.5. The van der Waals surface area contributed by atoms with Gasteiger partial charge in [0.25, 0.3) is 0 Å². The van der Waals surface area contributed by atoms with Crippen LogP contribution in [-0.2, 0) is 0 Å². The zero-order valence-corrected chi connectivity index (χ0v) is 22.8. The number of thiophene rings is 1. The van der Waals surface area contributed by atoms with Crippen molar-refractivity contribution in [2.75, 3.05) is 59.4 Å². The van der Waals surface area contributed by atoms with Crippen molar-refractivity contribution in [1.82, 2.24) is 15.5 Å². The van der Waals surface area contributed by atoms with E-state index in [0.717, 1.165) is 49.2 Å². The van der Waals surface area contributed by atoms with E-state index in [4.69, 9.17) is 14.5 Å². The van der Waals surface area contributed by atoms with Gasteiger partial charge in [0, 0.05) is 54.4 Å². The summed E-state index contributed by atoms with van der Waals surface area (Å²) in [4.78, 5) is 10.8. The van der Waals surface area contributed by atoms with Crippen LogP contribution in [0.4, 0.5) is 5.69 Å². The molecule has 0 spiro atoms. The maximum absolute atomic E-state index is 5.43. The van der Waals surface area contributed by atoms with Crippen molar-refractivity contribution in [3.63, 3.8) is 0 Å². The molecular weight excluding hydrogens is 537 g/mol. The summed E-state index contributed by atoms with van der Waals surface area (Å²) >= 11 is 1.78. The van der Waals surface area contributed by atoms with Crippen molar-refractivity contribution >= 4 is 47.0 Å². The predicted molar refractivity (Wildman–Crippen MR) is 145 cm³/mol. The first-order valence-corrected chi connectivity index (χ1v) is 11.6. The summed E-state index contributed by atoms with van der Waals surface area (Å²) in [5.41, 5.74) is 1.12. The first-order valence-electron chi connectivity index (χ1n) is 10.8. The highest BCUT2D eigenvalue weighted by Gasteiger charge is 2.24. The van der Waals surface area contributed by atoms with Crippen molar-refractivity contribution in [2.24, 2.45) is 4.99 Å². The lowest BCUT2D eigenvalue weighted by Crippen LogP contribution is -2.45. The molecule has 1 aromatic carbocycles. The van der Waals surface area contributed by atoms with Crippen LogP contribution in [0, 0.1) is 0 Å². The summed E-state index contributed by atoms with van der Waals surface area (Å²) in [6.45, 7) is 5.53. The van der Waals surface area contributed by atoms with Crippen LogP contribution in [0.5, 0.6) is 11.5 Å². The molecule has 1 aliphatic rings. The summed E-state index contributed by atoms with van der Waals surface area (Å²) < 4.78 is 10.9. The molecule has 2 aromatic rings. The number of methoxy groups -OCH3 is 2. The molecule has 3 rings (SSSR count). The van der Waals surface area contributed by atoms with Crippen LogP contribution in [0.25, 0.3) is 0 Å². The van der Waals surface area contributed by atoms with Crippen molar-refractivity contribution in [2.45, 2.75) is 25.4 Å². The third kappa shape index (κ3) is 7.14. The molecule has 1 saturated heterocycles. The number of likely N-dealkylation sites (N-methyl/N-ethyl adjacent to an activating group) is 1. The number of halogens is 1. The molecule has 2 heterocycles. The fraction of sp³-hybridized carbons (Fsp3) is 0.522. The summed E-state index contributed by atoms with van der Waals surface area (Å²) in [5.74, 6) is 2.49. The summed E-state index contributed by atoms with van der Waals surface area (Å²) in [7, 11) is 7.58. The Labute approximate surface area is 213 Å². The van der Waals surface area contributed by atoms with E-state index in [0.29, 0.717) is 12.6 Å². The minimum absolute atomic E-state index is 0. The van der Waals surface area contributed by atoms with Gasteiger partial charge >= 0.3 is 0 Å². The molecule has 2 atom stereocenters. The van der Waals surface area contributed by atoms with Crippen molar-refractivity contribution in [3.05, 3.63) is 40.6 Å². The van der Waals surface area contributed by atoms with Gasteiger partial charge in [0.1, 0.15) is 11.5 Å². The molecule has 7 nitrogen and oxygen atoms in total. The second-order valence-electron chi connectivity index (χ2n) is 7.86. The van der Waals surface area contributed by atoms with Crippen LogP contribution < -0.4 is 25.0 Å². The van der Waals surface area contributed by atoms with Crippen LogP contribution in [-0.4, -0.2) is 71.4 Å². The summed E-state index contributed by atoms with van der Waals surface area (Å²) in [5, 5.41) is 9.16. The van der Waals surface area contributed by atoms with E-state index in [1.807, 2.05) is 6.07 Å². The van der Waals surface area contributed by atoms with Gasteiger partial charge in [-0.15, -0.1) is 35.3 Å². The minimum atomic E-state index is 0. The van der Waals surface area contributed by atoms with E-state index in [-0.39, 0.29) is 30.0 Å². The van der Waals surface area contributed by atoms with Crippen LogP contribution >= 0.6 is 35.3 Å². The van der Waals surface area contributed by atoms with Gasteiger partial charge in [-0.3, -0.25) is 4.99 Å². The molecule has 2 N–H and O–H groups in total. The standard InChI is InChI=1S/C23H35N5O2S.HI/c1-6-24-23(25-15-21(27(2)3)22-8-7-11-31-22)26-17-9-10-28(16-17)18-12-19(29-4)14-20(13-18)30-5;/h7-8,11-14,17,21H,6,9-10,15-16H2,1-5H3,(H2,24,25,26);1H. The van der Waals surface area contributed by atoms with Gasteiger partial charge in [-0.25, -0.2) is 0 Å². The molecule has 1 aromatic heterocycles. The van der Waals surface area contributed by atoms with Gasteiger partial charge in [-0.1, -0.05) is 6.07 Å². The van der Waals surface area contributed by atoms with Crippen LogP contribution in [0.3, 0.4) is 0 Å². The largest absolute Gasteiger partial charge is 0.497 e. The molecule has 0 aliphatic carbocycles. The Hall–Kier alpha value is -1.72. The lowest BCUT2D eigenvalue weighted by Gasteiger charge is -2.23. The highest BCUT2D eigenvalue weighted by molar-refractivity contribution is 14.0. The normalized spacial score (nSPS) is 17.1. The van der Waals surface area contributed by atoms with E-state index in [1.54, 1.807) is 25.6 Å². The number of nitrogens with zero attached hydrogens (tertiary/aromatic N) is 3. The second kappa shape index (κ2) is 13.1. The average molecular weight is 574 g/mol. The summed E-state index contributed by atoms with van der Waals surface area (Å²) in [6, 6.07) is 10.9. The maximum atomic E-state index is 5.43. The molecule has 1 aliphatic heterocycles. The third-order valence-corrected chi connectivity index (χ3v) is 6.47. The highest BCUT2D eigenvalue weighted by Crippen LogP contribution is 2.30. The fourth-order valence-corrected chi connectivity index (χ4v) is 4.68. The molecule has 0 bridgehead atoms. The van der Waals surface area contributed by atoms with Gasteiger partial charge in [-0.2, -0.15) is 0 Å². The zero-order chi connectivity index (χ0) is 22.2. The first-order chi connectivity index (χ1) is 15.0.